The highest BCUT2D eigenvalue weighted by atomic mass is 16.5. The van der Waals surface area contributed by atoms with Gasteiger partial charge < -0.3 is 9.84 Å². The van der Waals surface area contributed by atoms with Crippen molar-refractivity contribution in [3.8, 4) is 0 Å². The van der Waals surface area contributed by atoms with E-state index in [9.17, 15) is 9.90 Å². The standard InChI is InChI=1S/C12H20O3/c1-8(7-13)5-10-6-11(14)12(3,4)9(2)15-10/h7,9-11,14H,1,5-6H2,2-4H3/t9?,10-,11+/m1/s1. The Morgan fingerprint density at radius 2 is 2.27 bits per heavy atom. The van der Waals surface area contributed by atoms with Gasteiger partial charge in [-0.3, -0.25) is 4.79 Å². The van der Waals surface area contributed by atoms with E-state index in [0.717, 1.165) is 6.29 Å². The van der Waals surface area contributed by atoms with Crippen LogP contribution in [0.25, 0.3) is 0 Å². The zero-order valence-corrected chi connectivity index (χ0v) is 9.69. The average Bonchev–Trinajstić information content (AvgIpc) is 2.15. The molecule has 0 radical (unpaired) electrons. The smallest absolute Gasteiger partial charge is 0.145 e. The minimum atomic E-state index is -0.384. The second-order valence-corrected chi connectivity index (χ2v) is 4.95. The van der Waals surface area contributed by atoms with Gasteiger partial charge in [0.15, 0.2) is 0 Å². The lowest BCUT2D eigenvalue weighted by atomic mass is 9.76. The Hall–Kier alpha value is -0.670. The van der Waals surface area contributed by atoms with Crippen molar-refractivity contribution in [1.82, 2.24) is 0 Å². The number of aliphatic hydroxyl groups is 1. The van der Waals surface area contributed by atoms with Crippen molar-refractivity contribution in [2.45, 2.75) is 51.9 Å². The predicted molar refractivity (Wildman–Crippen MR) is 58.6 cm³/mol. The van der Waals surface area contributed by atoms with Crippen LogP contribution in [0.5, 0.6) is 0 Å². The zero-order chi connectivity index (χ0) is 11.6. The lowest BCUT2D eigenvalue weighted by molar-refractivity contribution is -0.165. The molecule has 0 spiro atoms. The Morgan fingerprint density at radius 3 is 2.73 bits per heavy atom. The van der Waals surface area contributed by atoms with Crippen LogP contribution in [0, 0.1) is 5.41 Å². The van der Waals surface area contributed by atoms with Crippen molar-refractivity contribution >= 4 is 6.29 Å². The summed E-state index contributed by atoms with van der Waals surface area (Å²) < 4.78 is 5.76. The van der Waals surface area contributed by atoms with Crippen molar-refractivity contribution in [2.24, 2.45) is 5.41 Å². The summed E-state index contributed by atoms with van der Waals surface area (Å²) in [5.74, 6) is 0. The monoisotopic (exact) mass is 212 g/mol. The molecular formula is C12H20O3. The maximum Gasteiger partial charge on any atom is 0.145 e. The molecule has 0 aromatic rings. The highest BCUT2D eigenvalue weighted by Crippen LogP contribution is 2.37. The van der Waals surface area contributed by atoms with Gasteiger partial charge in [0.25, 0.3) is 0 Å². The van der Waals surface area contributed by atoms with Crippen molar-refractivity contribution in [3.05, 3.63) is 12.2 Å². The molecular weight excluding hydrogens is 192 g/mol. The van der Waals surface area contributed by atoms with Gasteiger partial charge in [-0.05, 0) is 12.5 Å². The molecule has 1 unspecified atom stereocenters. The molecule has 1 heterocycles. The lowest BCUT2D eigenvalue weighted by Gasteiger charge is -2.44. The Labute approximate surface area is 91.1 Å². The van der Waals surface area contributed by atoms with E-state index in [2.05, 4.69) is 6.58 Å². The summed E-state index contributed by atoms with van der Waals surface area (Å²) in [4.78, 5) is 10.5. The van der Waals surface area contributed by atoms with Crippen LogP contribution in [0.15, 0.2) is 12.2 Å². The van der Waals surface area contributed by atoms with E-state index in [1.54, 1.807) is 0 Å². The second-order valence-electron chi connectivity index (χ2n) is 4.95. The van der Waals surface area contributed by atoms with Crippen molar-refractivity contribution < 1.29 is 14.6 Å². The molecule has 3 heteroatoms. The third kappa shape index (κ3) is 2.67. The van der Waals surface area contributed by atoms with Crippen LogP contribution in [0.1, 0.15) is 33.6 Å². The first-order chi connectivity index (χ1) is 6.87. The zero-order valence-electron chi connectivity index (χ0n) is 9.69. The summed E-state index contributed by atoms with van der Waals surface area (Å²) in [5.41, 5.74) is 0.304. The van der Waals surface area contributed by atoms with E-state index < -0.39 is 0 Å². The van der Waals surface area contributed by atoms with Crippen molar-refractivity contribution in [2.75, 3.05) is 0 Å². The fourth-order valence-electron chi connectivity index (χ4n) is 1.82. The molecule has 1 fully saturated rings. The third-order valence-corrected chi connectivity index (χ3v) is 3.45. The number of rotatable bonds is 3. The lowest BCUT2D eigenvalue weighted by Crippen LogP contribution is -2.49. The highest BCUT2D eigenvalue weighted by molar-refractivity contribution is 5.72. The molecule has 1 rings (SSSR count). The fraction of sp³-hybridized carbons (Fsp3) is 0.750. The molecule has 0 aliphatic carbocycles. The van der Waals surface area contributed by atoms with Gasteiger partial charge in [-0.2, -0.15) is 0 Å². The molecule has 0 aromatic heterocycles. The number of aldehydes is 1. The van der Waals surface area contributed by atoms with Crippen molar-refractivity contribution in [3.63, 3.8) is 0 Å². The SMILES string of the molecule is C=C(C=O)C[C@@H]1C[C@H](O)C(C)(C)C(C)O1. The van der Waals surface area contributed by atoms with Gasteiger partial charge in [-0.15, -0.1) is 0 Å². The van der Waals surface area contributed by atoms with E-state index >= 15 is 0 Å². The van der Waals surface area contributed by atoms with Crippen LogP contribution in [0.2, 0.25) is 0 Å². The molecule has 0 saturated carbocycles. The van der Waals surface area contributed by atoms with Crippen molar-refractivity contribution in [1.29, 1.82) is 0 Å². The first kappa shape index (κ1) is 12.4. The summed E-state index contributed by atoms with van der Waals surface area (Å²) >= 11 is 0. The van der Waals surface area contributed by atoms with E-state index in [1.165, 1.54) is 0 Å². The number of carbonyl (C=O) groups is 1. The maximum absolute atomic E-state index is 10.5. The normalized spacial score (nSPS) is 34.8. The quantitative estimate of drug-likeness (QED) is 0.572. The predicted octanol–water partition coefficient (Wildman–Crippen LogP) is 1.70. The number of hydrogen-bond acceptors (Lipinski definition) is 3. The summed E-state index contributed by atoms with van der Waals surface area (Å²) in [6, 6.07) is 0. The summed E-state index contributed by atoms with van der Waals surface area (Å²) in [6.07, 6.45) is 1.36. The summed E-state index contributed by atoms with van der Waals surface area (Å²) in [6.45, 7) is 9.57. The minimum absolute atomic E-state index is 0.00861. The van der Waals surface area contributed by atoms with E-state index in [-0.39, 0.29) is 23.7 Å². The van der Waals surface area contributed by atoms with Gasteiger partial charge in [0.1, 0.15) is 6.29 Å². The van der Waals surface area contributed by atoms with Crippen LogP contribution in [-0.2, 0) is 9.53 Å². The van der Waals surface area contributed by atoms with E-state index in [4.69, 9.17) is 4.74 Å². The van der Waals surface area contributed by atoms with E-state index in [0.29, 0.717) is 18.4 Å². The number of aliphatic hydroxyl groups excluding tert-OH is 1. The van der Waals surface area contributed by atoms with Crippen LogP contribution >= 0.6 is 0 Å². The van der Waals surface area contributed by atoms with Gasteiger partial charge >= 0.3 is 0 Å². The molecule has 3 nitrogen and oxygen atoms in total. The second kappa shape index (κ2) is 4.45. The summed E-state index contributed by atoms with van der Waals surface area (Å²) in [5, 5.41) is 9.97. The first-order valence-electron chi connectivity index (χ1n) is 5.34. The Bertz CT molecular complexity index is 244. The molecule has 0 bridgehead atoms. The molecule has 3 atom stereocenters. The van der Waals surface area contributed by atoms with Crippen LogP contribution in [0.3, 0.4) is 0 Å². The van der Waals surface area contributed by atoms with Gasteiger partial charge in [0.05, 0.1) is 18.3 Å². The number of carbonyl (C=O) groups excluding carboxylic acids is 1. The number of ether oxygens (including phenoxy) is 1. The fourth-order valence-corrected chi connectivity index (χ4v) is 1.82. The maximum atomic E-state index is 10.5. The third-order valence-electron chi connectivity index (χ3n) is 3.45. The first-order valence-corrected chi connectivity index (χ1v) is 5.34. The molecule has 0 aromatic carbocycles. The summed E-state index contributed by atoms with van der Waals surface area (Å²) in [7, 11) is 0. The van der Waals surface area contributed by atoms with Crippen LogP contribution in [-0.4, -0.2) is 29.7 Å². The van der Waals surface area contributed by atoms with Gasteiger partial charge in [0.2, 0.25) is 0 Å². The molecule has 1 saturated heterocycles. The topological polar surface area (TPSA) is 46.5 Å². The van der Waals surface area contributed by atoms with Crippen LogP contribution < -0.4 is 0 Å². The molecule has 1 N–H and O–H groups in total. The van der Waals surface area contributed by atoms with Crippen LogP contribution in [0.4, 0.5) is 0 Å². The molecule has 1 aliphatic heterocycles. The molecule has 0 amide bonds. The Kier molecular flexibility index (Phi) is 3.68. The van der Waals surface area contributed by atoms with Gasteiger partial charge in [-0.1, -0.05) is 20.4 Å². The molecule has 15 heavy (non-hydrogen) atoms. The molecule has 86 valence electrons. The van der Waals surface area contributed by atoms with Gasteiger partial charge in [-0.25, -0.2) is 0 Å². The Morgan fingerprint density at radius 1 is 1.67 bits per heavy atom. The van der Waals surface area contributed by atoms with E-state index in [1.807, 2.05) is 20.8 Å². The Balaban J connectivity index is 2.61. The number of hydrogen-bond donors (Lipinski definition) is 1. The van der Waals surface area contributed by atoms with Gasteiger partial charge in [0, 0.05) is 18.3 Å². The molecule has 1 aliphatic rings. The highest BCUT2D eigenvalue weighted by Gasteiger charge is 2.41. The average molecular weight is 212 g/mol. The largest absolute Gasteiger partial charge is 0.392 e. The minimum Gasteiger partial charge on any atom is -0.392 e.